The number of nitrogens with zero attached hydrogens (tertiary/aromatic N) is 3. The molecule has 0 aliphatic carbocycles. The highest BCUT2D eigenvalue weighted by Gasteiger charge is 2.12. The fraction of sp³-hybridized carbons (Fsp3) is 0.500. The Hall–Kier alpha value is -1.85. The molecule has 0 unspecified atom stereocenters. The Bertz CT molecular complexity index is 386. The van der Waals surface area contributed by atoms with Crippen LogP contribution in [0, 0.1) is 0 Å². The molecule has 0 spiro atoms. The van der Waals surface area contributed by atoms with Gasteiger partial charge in [-0.2, -0.15) is 5.10 Å². The van der Waals surface area contributed by atoms with Crippen molar-refractivity contribution in [3.63, 3.8) is 0 Å². The predicted octanol–water partition coefficient (Wildman–Crippen LogP) is 0.243. The molecule has 1 aromatic heterocycles. The predicted molar refractivity (Wildman–Crippen MR) is 56.6 cm³/mol. The first-order valence-corrected chi connectivity index (χ1v) is 4.93. The lowest BCUT2D eigenvalue weighted by atomic mass is 10.2. The van der Waals surface area contributed by atoms with Crippen LogP contribution < -0.4 is 0 Å². The van der Waals surface area contributed by atoms with Crippen molar-refractivity contribution in [3.8, 4) is 0 Å². The summed E-state index contributed by atoms with van der Waals surface area (Å²) in [5.41, 5.74) is 0.908. The van der Waals surface area contributed by atoms with Crippen molar-refractivity contribution < 1.29 is 14.7 Å². The van der Waals surface area contributed by atoms with Crippen LogP contribution in [0.2, 0.25) is 0 Å². The van der Waals surface area contributed by atoms with Crippen LogP contribution in [-0.4, -0.2) is 38.7 Å². The number of carbonyl (C=O) groups excluding carboxylic acids is 1. The molecule has 0 atom stereocenters. The standard InChI is InChI=1S/C10H15N3O3/c1-12(9(14)3-4-10(15)16)7-8-5-6-11-13(8)2/h5-6H,3-4,7H2,1-2H3,(H,15,16). The number of carboxylic acids is 1. The van der Waals surface area contributed by atoms with Gasteiger partial charge in [-0.25, -0.2) is 0 Å². The lowest BCUT2D eigenvalue weighted by Gasteiger charge is -2.16. The highest BCUT2D eigenvalue weighted by molar-refractivity contribution is 5.80. The quantitative estimate of drug-likeness (QED) is 0.779. The van der Waals surface area contributed by atoms with Crippen molar-refractivity contribution in [2.24, 2.45) is 7.05 Å². The molecule has 1 heterocycles. The first kappa shape index (κ1) is 12.2. The lowest BCUT2D eigenvalue weighted by molar-refractivity contribution is -0.140. The van der Waals surface area contributed by atoms with Gasteiger partial charge in [0.1, 0.15) is 0 Å². The van der Waals surface area contributed by atoms with E-state index in [4.69, 9.17) is 5.11 Å². The largest absolute Gasteiger partial charge is 0.481 e. The van der Waals surface area contributed by atoms with Gasteiger partial charge in [0.2, 0.25) is 5.91 Å². The number of rotatable bonds is 5. The summed E-state index contributed by atoms with van der Waals surface area (Å²) in [4.78, 5) is 23.3. The van der Waals surface area contributed by atoms with Crippen LogP contribution in [0.4, 0.5) is 0 Å². The zero-order valence-electron chi connectivity index (χ0n) is 9.38. The second-order valence-electron chi connectivity index (χ2n) is 3.59. The molecule has 1 N–H and O–H groups in total. The van der Waals surface area contributed by atoms with Gasteiger partial charge in [-0.05, 0) is 6.07 Å². The summed E-state index contributed by atoms with van der Waals surface area (Å²) in [7, 11) is 3.45. The van der Waals surface area contributed by atoms with E-state index >= 15 is 0 Å². The molecule has 88 valence electrons. The summed E-state index contributed by atoms with van der Waals surface area (Å²) in [6.45, 7) is 0.439. The third-order valence-electron chi connectivity index (χ3n) is 2.30. The molecule has 1 amide bonds. The molecule has 6 heteroatoms. The van der Waals surface area contributed by atoms with Crippen LogP contribution in [-0.2, 0) is 23.2 Å². The fourth-order valence-corrected chi connectivity index (χ4v) is 1.29. The first-order valence-electron chi connectivity index (χ1n) is 4.93. The van der Waals surface area contributed by atoms with Crippen molar-refractivity contribution in [1.29, 1.82) is 0 Å². The number of hydrogen-bond acceptors (Lipinski definition) is 3. The van der Waals surface area contributed by atoms with Gasteiger partial charge in [0, 0.05) is 26.7 Å². The molecule has 0 radical (unpaired) electrons. The van der Waals surface area contributed by atoms with Crippen molar-refractivity contribution in [1.82, 2.24) is 14.7 Å². The van der Waals surface area contributed by atoms with Crippen molar-refractivity contribution in [3.05, 3.63) is 18.0 Å². The van der Waals surface area contributed by atoms with Gasteiger partial charge in [-0.15, -0.1) is 0 Å². The van der Waals surface area contributed by atoms with Gasteiger partial charge in [-0.3, -0.25) is 14.3 Å². The highest BCUT2D eigenvalue weighted by atomic mass is 16.4. The molecule has 0 saturated carbocycles. The van der Waals surface area contributed by atoms with Crippen molar-refractivity contribution in [2.75, 3.05) is 7.05 Å². The van der Waals surface area contributed by atoms with Gasteiger partial charge < -0.3 is 10.0 Å². The van der Waals surface area contributed by atoms with Gasteiger partial charge in [0.25, 0.3) is 0 Å². The molecular formula is C10H15N3O3. The minimum absolute atomic E-state index is 0.0314. The molecule has 1 aromatic rings. The molecule has 0 saturated heterocycles. The van der Waals surface area contributed by atoms with Crippen LogP contribution in [0.5, 0.6) is 0 Å². The minimum atomic E-state index is -0.956. The number of hydrogen-bond donors (Lipinski definition) is 1. The van der Waals surface area contributed by atoms with Gasteiger partial charge in [-0.1, -0.05) is 0 Å². The van der Waals surface area contributed by atoms with Crippen LogP contribution in [0.15, 0.2) is 12.3 Å². The Morgan fingerprint density at radius 2 is 2.19 bits per heavy atom. The molecule has 0 bridgehead atoms. The number of aryl methyl sites for hydroxylation is 1. The van der Waals surface area contributed by atoms with Crippen LogP contribution in [0.1, 0.15) is 18.5 Å². The van der Waals surface area contributed by atoms with E-state index in [1.165, 1.54) is 4.90 Å². The molecular weight excluding hydrogens is 210 g/mol. The van der Waals surface area contributed by atoms with E-state index in [1.54, 1.807) is 25.0 Å². The number of aliphatic carboxylic acids is 1. The van der Waals surface area contributed by atoms with E-state index in [-0.39, 0.29) is 18.7 Å². The summed E-state index contributed by atoms with van der Waals surface area (Å²) in [6, 6.07) is 1.82. The molecule has 0 aromatic carbocycles. The third kappa shape index (κ3) is 3.38. The summed E-state index contributed by atoms with van der Waals surface area (Å²) >= 11 is 0. The van der Waals surface area contributed by atoms with Crippen LogP contribution in [0.3, 0.4) is 0 Å². The lowest BCUT2D eigenvalue weighted by Crippen LogP contribution is -2.27. The van der Waals surface area contributed by atoms with Crippen molar-refractivity contribution in [2.45, 2.75) is 19.4 Å². The topological polar surface area (TPSA) is 75.4 Å². The third-order valence-corrected chi connectivity index (χ3v) is 2.30. The number of amides is 1. The smallest absolute Gasteiger partial charge is 0.303 e. The van der Waals surface area contributed by atoms with Crippen molar-refractivity contribution >= 4 is 11.9 Å². The zero-order chi connectivity index (χ0) is 12.1. The Balaban J connectivity index is 2.46. The molecule has 1 rings (SSSR count). The van der Waals surface area contributed by atoms with Crippen LogP contribution >= 0.6 is 0 Å². The van der Waals surface area contributed by atoms with Gasteiger partial charge in [0.05, 0.1) is 18.7 Å². The molecule has 6 nitrogen and oxygen atoms in total. The summed E-state index contributed by atoms with van der Waals surface area (Å²) < 4.78 is 1.68. The Morgan fingerprint density at radius 1 is 1.50 bits per heavy atom. The van der Waals surface area contributed by atoms with E-state index < -0.39 is 5.97 Å². The first-order chi connectivity index (χ1) is 7.50. The molecule has 0 fully saturated rings. The average molecular weight is 225 g/mol. The monoisotopic (exact) mass is 225 g/mol. The molecule has 0 aliphatic rings. The Kier molecular flexibility index (Phi) is 4.04. The van der Waals surface area contributed by atoms with Crippen LogP contribution in [0.25, 0.3) is 0 Å². The SMILES string of the molecule is CN(Cc1ccnn1C)C(=O)CCC(=O)O. The van der Waals surface area contributed by atoms with E-state index in [1.807, 2.05) is 6.07 Å². The number of carbonyl (C=O) groups is 2. The van der Waals surface area contributed by atoms with E-state index in [2.05, 4.69) is 5.10 Å². The number of carboxylic acid groups (broad SMARTS) is 1. The Morgan fingerprint density at radius 3 is 2.69 bits per heavy atom. The second-order valence-corrected chi connectivity index (χ2v) is 3.59. The maximum Gasteiger partial charge on any atom is 0.303 e. The summed E-state index contributed by atoms with van der Waals surface area (Å²) in [5, 5.41) is 12.4. The Labute approximate surface area is 93.5 Å². The molecule has 0 aliphatic heterocycles. The fourth-order valence-electron chi connectivity index (χ4n) is 1.29. The molecule has 16 heavy (non-hydrogen) atoms. The van der Waals surface area contributed by atoms with E-state index in [9.17, 15) is 9.59 Å². The second kappa shape index (κ2) is 5.29. The summed E-state index contributed by atoms with van der Waals surface area (Å²) in [5.74, 6) is -1.13. The zero-order valence-corrected chi connectivity index (χ0v) is 9.38. The minimum Gasteiger partial charge on any atom is -0.481 e. The van der Waals surface area contributed by atoms with E-state index in [0.29, 0.717) is 6.54 Å². The normalized spacial score (nSPS) is 10.1. The summed E-state index contributed by atoms with van der Waals surface area (Å²) in [6.07, 6.45) is 1.56. The van der Waals surface area contributed by atoms with Gasteiger partial charge >= 0.3 is 5.97 Å². The maximum atomic E-state index is 11.5. The number of aromatic nitrogens is 2. The maximum absolute atomic E-state index is 11.5. The highest BCUT2D eigenvalue weighted by Crippen LogP contribution is 2.03. The van der Waals surface area contributed by atoms with E-state index in [0.717, 1.165) is 5.69 Å². The average Bonchev–Trinajstić information content (AvgIpc) is 2.60. The van der Waals surface area contributed by atoms with Gasteiger partial charge in [0.15, 0.2) is 0 Å².